The van der Waals surface area contributed by atoms with E-state index in [4.69, 9.17) is 33.8 Å². The highest BCUT2D eigenvalue weighted by Gasteiger charge is 2.29. The van der Waals surface area contributed by atoms with Crippen LogP contribution in [0.3, 0.4) is 0 Å². The van der Waals surface area contributed by atoms with Crippen LogP contribution in [0.1, 0.15) is 25.8 Å². The second kappa shape index (κ2) is 13.0. The molecule has 0 spiro atoms. The molecule has 0 saturated heterocycles. The SMILES string of the molecule is CCOC(=O)NC(=O)CC(=O)N(C(=O)OC(C)=NN)c1cc(Cl)c(Sc2ccc(C)cc2)c(Cl)c1. The molecular formula is C22H22Cl2N4O6S. The lowest BCUT2D eigenvalue weighted by molar-refractivity contribution is -0.127. The van der Waals surface area contributed by atoms with Crippen LogP contribution >= 0.6 is 35.0 Å². The Labute approximate surface area is 215 Å². The Morgan fingerprint density at radius 3 is 2.26 bits per heavy atom. The molecule has 13 heteroatoms. The molecule has 0 aliphatic carbocycles. The van der Waals surface area contributed by atoms with Crippen molar-refractivity contribution in [3.05, 3.63) is 52.0 Å². The van der Waals surface area contributed by atoms with Gasteiger partial charge in [0.15, 0.2) is 0 Å². The summed E-state index contributed by atoms with van der Waals surface area (Å²) >= 11 is 14.2. The maximum absolute atomic E-state index is 12.9. The number of carbonyl (C=O) groups is 4. The molecule has 0 radical (unpaired) electrons. The molecule has 186 valence electrons. The molecular weight excluding hydrogens is 519 g/mol. The maximum Gasteiger partial charge on any atom is 0.427 e. The van der Waals surface area contributed by atoms with Gasteiger partial charge >= 0.3 is 12.2 Å². The van der Waals surface area contributed by atoms with Crippen molar-refractivity contribution >= 4 is 70.5 Å². The fraction of sp³-hybridized carbons (Fsp3) is 0.227. The smallest absolute Gasteiger partial charge is 0.427 e. The number of nitrogens with one attached hydrogen (secondary N) is 1. The van der Waals surface area contributed by atoms with E-state index in [0.29, 0.717) is 9.80 Å². The summed E-state index contributed by atoms with van der Waals surface area (Å²) in [7, 11) is 0. The van der Waals surface area contributed by atoms with Gasteiger partial charge in [0.25, 0.3) is 0 Å². The Bertz CT molecular complexity index is 1130. The van der Waals surface area contributed by atoms with E-state index in [1.165, 1.54) is 30.8 Å². The van der Waals surface area contributed by atoms with Crippen molar-refractivity contribution in [1.82, 2.24) is 5.32 Å². The molecule has 2 rings (SSSR count). The minimum Gasteiger partial charge on any atom is -0.450 e. The highest BCUT2D eigenvalue weighted by molar-refractivity contribution is 7.99. The summed E-state index contributed by atoms with van der Waals surface area (Å²) in [5, 5.41) is 5.38. The molecule has 0 aromatic heterocycles. The minimum absolute atomic E-state index is 0.0210. The Balaban J connectivity index is 2.37. The second-order valence-electron chi connectivity index (χ2n) is 6.84. The minimum atomic E-state index is -1.21. The zero-order valence-electron chi connectivity index (χ0n) is 19.0. The van der Waals surface area contributed by atoms with Crippen molar-refractivity contribution in [1.29, 1.82) is 0 Å². The number of aryl methyl sites for hydroxylation is 1. The quantitative estimate of drug-likeness (QED) is 0.173. The number of rotatable bonds is 6. The summed E-state index contributed by atoms with van der Waals surface area (Å²) in [5.41, 5.74) is 1.01. The lowest BCUT2D eigenvalue weighted by Crippen LogP contribution is -2.42. The number of hydrogen-bond donors (Lipinski definition) is 2. The third-order valence-corrected chi connectivity index (χ3v) is 6.13. The number of amides is 4. The highest BCUT2D eigenvalue weighted by atomic mass is 35.5. The van der Waals surface area contributed by atoms with Gasteiger partial charge in [-0.2, -0.15) is 0 Å². The number of carbonyl (C=O) groups excluding carboxylic acids is 4. The molecule has 35 heavy (non-hydrogen) atoms. The fourth-order valence-corrected chi connectivity index (χ4v) is 4.12. The van der Waals surface area contributed by atoms with Gasteiger partial charge in [-0.25, -0.2) is 14.5 Å². The van der Waals surface area contributed by atoms with Crippen LogP contribution < -0.4 is 16.1 Å². The van der Waals surface area contributed by atoms with Gasteiger partial charge in [0.05, 0.1) is 22.3 Å². The largest absolute Gasteiger partial charge is 0.450 e. The number of hydrogen-bond acceptors (Lipinski definition) is 9. The average molecular weight is 541 g/mol. The highest BCUT2D eigenvalue weighted by Crippen LogP contribution is 2.41. The topological polar surface area (TPSA) is 140 Å². The van der Waals surface area contributed by atoms with Crippen molar-refractivity contribution in [3.63, 3.8) is 0 Å². The van der Waals surface area contributed by atoms with Gasteiger partial charge in [-0.05, 0) is 38.1 Å². The van der Waals surface area contributed by atoms with Crippen molar-refractivity contribution in [3.8, 4) is 0 Å². The third kappa shape index (κ3) is 8.16. The van der Waals surface area contributed by atoms with Gasteiger partial charge in [-0.3, -0.25) is 14.9 Å². The van der Waals surface area contributed by atoms with Crippen LogP contribution in [0.15, 0.2) is 51.3 Å². The van der Waals surface area contributed by atoms with Crippen LogP contribution in [0.5, 0.6) is 0 Å². The number of hydrazone groups is 1. The van der Waals surface area contributed by atoms with Gasteiger partial charge in [0.1, 0.15) is 6.42 Å². The molecule has 0 aliphatic rings. The van der Waals surface area contributed by atoms with Crippen LogP contribution in [0.4, 0.5) is 15.3 Å². The number of ether oxygens (including phenoxy) is 2. The number of halogens is 2. The van der Waals surface area contributed by atoms with E-state index in [9.17, 15) is 19.2 Å². The third-order valence-electron chi connectivity index (χ3n) is 4.16. The molecule has 0 unspecified atom stereocenters. The molecule has 2 aromatic carbocycles. The molecule has 10 nitrogen and oxygen atoms in total. The molecule has 4 amide bonds. The first-order valence-corrected chi connectivity index (χ1v) is 11.6. The molecule has 0 aliphatic heterocycles. The Hall–Kier alpha value is -3.28. The van der Waals surface area contributed by atoms with Gasteiger partial charge in [0, 0.05) is 16.7 Å². The Morgan fingerprint density at radius 1 is 1.11 bits per heavy atom. The molecule has 0 bridgehead atoms. The van der Waals surface area contributed by atoms with Crippen molar-refractivity contribution < 1.29 is 28.7 Å². The summed E-state index contributed by atoms with van der Waals surface area (Å²) in [5.74, 6) is 2.82. The van der Waals surface area contributed by atoms with Crippen LogP contribution in [0.25, 0.3) is 0 Å². The predicted molar refractivity (Wildman–Crippen MR) is 133 cm³/mol. The molecule has 0 heterocycles. The van der Waals surface area contributed by atoms with Gasteiger partial charge in [-0.1, -0.05) is 52.7 Å². The van der Waals surface area contributed by atoms with Crippen molar-refractivity contribution in [2.75, 3.05) is 11.5 Å². The van der Waals surface area contributed by atoms with Crippen molar-refractivity contribution in [2.45, 2.75) is 37.0 Å². The van der Waals surface area contributed by atoms with E-state index < -0.39 is 30.4 Å². The predicted octanol–water partition coefficient (Wildman–Crippen LogP) is 4.88. The van der Waals surface area contributed by atoms with E-state index in [1.54, 1.807) is 6.92 Å². The van der Waals surface area contributed by atoms with Crippen LogP contribution in [-0.4, -0.2) is 36.5 Å². The first-order chi connectivity index (χ1) is 16.5. The zero-order chi connectivity index (χ0) is 26.1. The number of alkyl carbamates (subject to hydrolysis) is 1. The number of benzene rings is 2. The summed E-state index contributed by atoms with van der Waals surface area (Å²) in [6, 6.07) is 10.3. The van der Waals surface area contributed by atoms with E-state index in [0.717, 1.165) is 10.5 Å². The Kier molecular flexibility index (Phi) is 10.4. The van der Waals surface area contributed by atoms with E-state index in [1.807, 2.05) is 36.5 Å². The zero-order valence-corrected chi connectivity index (χ0v) is 21.3. The monoisotopic (exact) mass is 540 g/mol. The van der Waals surface area contributed by atoms with Gasteiger partial charge < -0.3 is 15.3 Å². The normalized spacial score (nSPS) is 10.9. The van der Waals surface area contributed by atoms with Gasteiger partial charge in [-0.15, -0.1) is 5.10 Å². The average Bonchev–Trinajstić information content (AvgIpc) is 2.77. The van der Waals surface area contributed by atoms with Crippen molar-refractivity contribution in [2.24, 2.45) is 10.9 Å². The summed E-state index contributed by atoms with van der Waals surface area (Å²) in [6.45, 7) is 4.81. The van der Waals surface area contributed by atoms with Crippen LogP contribution in [0.2, 0.25) is 10.0 Å². The lowest BCUT2D eigenvalue weighted by Gasteiger charge is -2.21. The Morgan fingerprint density at radius 2 is 1.71 bits per heavy atom. The van der Waals surface area contributed by atoms with E-state index >= 15 is 0 Å². The molecule has 0 fully saturated rings. The number of imide groups is 2. The fourth-order valence-electron chi connectivity index (χ4n) is 2.59. The molecule has 0 atom stereocenters. The molecule has 0 saturated carbocycles. The second-order valence-corrected chi connectivity index (χ2v) is 8.74. The first kappa shape index (κ1) is 28.0. The standard InChI is InChI=1S/C22H22Cl2N4O6S/c1-4-33-21(31)26-18(29)11-19(30)28(22(32)34-13(3)27-25)14-9-16(23)20(17(24)10-14)35-15-7-5-12(2)6-8-15/h5-10H,4,11,25H2,1-3H3,(H,26,29,31). The van der Waals surface area contributed by atoms with E-state index in [2.05, 4.69) is 9.84 Å². The lowest BCUT2D eigenvalue weighted by atomic mass is 10.2. The summed E-state index contributed by atoms with van der Waals surface area (Å²) in [6.07, 6.45) is -3.13. The summed E-state index contributed by atoms with van der Waals surface area (Å²) < 4.78 is 9.53. The number of nitrogens with two attached hydrogens (primary N) is 1. The maximum atomic E-state index is 12.9. The van der Waals surface area contributed by atoms with E-state index in [-0.39, 0.29) is 28.2 Å². The molecule has 3 N–H and O–H groups in total. The van der Waals surface area contributed by atoms with Gasteiger partial charge in [0.2, 0.25) is 17.7 Å². The van der Waals surface area contributed by atoms with Crippen LogP contribution in [0, 0.1) is 6.92 Å². The number of nitrogens with zero attached hydrogens (tertiary/aromatic N) is 2. The number of anilines is 1. The first-order valence-electron chi connectivity index (χ1n) is 10.0. The summed E-state index contributed by atoms with van der Waals surface area (Å²) in [4.78, 5) is 51.0. The van der Waals surface area contributed by atoms with Crippen LogP contribution in [-0.2, 0) is 19.1 Å². The molecule has 2 aromatic rings.